The quantitative estimate of drug-likeness (QED) is 0.816. The Morgan fingerprint density at radius 3 is 2.59 bits per heavy atom. The Morgan fingerprint density at radius 2 is 2.00 bits per heavy atom. The second kappa shape index (κ2) is 4.81. The van der Waals surface area contributed by atoms with Crippen LogP contribution >= 0.6 is 0 Å². The van der Waals surface area contributed by atoms with E-state index in [4.69, 9.17) is 0 Å². The van der Waals surface area contributed by atoms with E-state index in [0.29, 0.717) is 11.5 Å². The van der Waals surface area contributed by atoms with Gasteiger partial charge in [-0.1, -0.05) is 37.6 Å². The monoisotopic (exact) mass is 231 g/mol. The van der Waals surface area contributed by atoms with Gasteiger partial charge in [-0.05, 0) is 56.2 Å². The number of likely N-dealkylation sites (N-methyl/N-ethyl adjacent to an activating group) is 1. The number of rotatable bonds is 5. The molecule has 0 radical (unpaired) electrons. The molecule has 1 heteroatoms. The van der Waals surface area contributed by atoms with E-state index in [1.54, 1.807) is 0 Å². The molecule has 0 saturated heterocycles. The number of hydrogen-bond acceptors (Lipinski definition) is 1. The summed E-state index contributed by atoms with van der Waals surface area (Å²) >= 11 is 0. The first-order chi connectivity index (χ1) is 8.05. The zero-order chi connectivity index (χ0) is 12.5. The van der Waals surface area contributed by atoms with Crippen molar-refractivity contribution in [3.63, 3.8) is 0 Å². The fraction of sp³-hybridized carbons (Fsp3) is 0.625. The summed E-state index contributed by atoms with van der Waals surface area (Å²) in [6.07, 6.45) is 3.95. The lowest BCUT2D eigenvalue weighted by Gasteiger charge is -2.25. The van der Waals surface area contributed by atoms with Gasteiger partial charge in [-0.15, -0.1) is 0 Å². The van der Waals surface area contributed by atoms with Gasteiger partial charge in [0.1, 0.15) is 0 Å². The third kappa shape index (κ3) is 2.90. The van der Waals surface area contributed by atoms with Gasteiger partial charge in [-0.3, -0.25) is 0 Å². The van der Waals surface area contributed by atoms with E-state index in [1.165, 1.54) is 36.0 Å². The molecule has 1 unspecified atom stereocenters. The van der Waals surface area contributed by atoms with Gasteiger partial charge in [0, 0.05) is 6.04 Å². The van der Waals surface area contributed by atoms with Gasteiger partial charge in [0.05, 0.1) is 0 Å². The molecule has 1 nitrogen and oxygen atoms in total. The summed E-state index contributed by atoms with van der Waals surface area (Å²) in [5.74, 6) is 0. The molecule has 1 aromatic rings. The Balaban J connectivity index is 2.14. The molecule has 1 saturated carbocycles. The molecular formula is C16H25N. The highest BCUT2D eigenvalue weighted by Gasteiger charge is 2.44. The number of hydrogen-bond donors (Lipinski definition) is 1. The van der Waals surface area contributed by atoms with Crippen LogP contribution in [0.4, 0.5) is 0 Å². The van der Waals surface area contributed by atoms with E-state index in [1.807, 2.05) is 0 Å². The van der Waals surface area contributed by atoms with Crippen molar-refractivity contribution in [1.29, 1.82) is 0 Å². The molecule has 2 rings (SSSR count). The van der Waals surface area contributed by atoms with Gasteiger partial charge in [-0.25, -0.2) is 0 Å². The first-order valence-electron chi connectivity index (χ1n) is 6.84. The standard InChI is InChI=1S/C16H25N/c1-5-17-15(16(4)8-9-16)11-14-10-12(2)6-7-13(14)3/h6-7,10,15,17H,5,8-9,11H2,1-4H3. The summed E-state index contributed by atoms with van der Waals surface area (Å²) in [7, 11) is 0. The number of nitrogens with one attached hydrogen (secondary N) is 1. The summed E-state index contributed by atoms with van der Waals surface area (Å²) in [6, 6.07) is 7.46. The minimum Gasteiger partial charge on any atom is -0.313 e. The van der Waals surface area contributed by atoms with Gasteiger partial charge in [0.15, 0.2) is 0 Å². The Morgan fingerprint density at radius 1 is 1.29 bits per heavy atom. The highest BCUT2D eigenvalue weighted by molar-refractivity contribution is 5.31. The fourth-order valence-corrected chi connectivity index (χ4v) is 2.60. The SMILES string of the molecule is CCNC(Cc1cc(C)ccc1C)C1(C)CC1. The van der Waals surface area contributed by atoms with E-state index < -0.39 is 0 Å². The second-order valence-corrected chi connectivity index (χ2v) is 5.90. The predicted molar refractivity (Wildman–Crippen MR) is 74.4 cm³/mol. The van der Waals surface area contributed by atoms with Crippen LogP contribution in [0.1, 0.15) is 43.4 Å². The van der Waals surface area contributed by atoms with Crippen molar-refractivity contribution in [2.24, 2.45) is 5.41 Å². The molecule has 1 N–H and O–H groups in total. The molecule has 0 aliphatic heterocycles. The van der Waals surface area contributed by atoms with E-state index >= 15 is 0 Å². The van der Waals surface area contributed by atoms with Crippen LogP contribution in [0, 0.1) is 19.3 Å². The largest absolute Gasteiger partial charge is 0.313 e. The molecule has 0 aromatic heterocycles. The average Bonchev–Trinajstić information content (AvgIpc) is 3.02. The van der Waals surface area contributed by atoms with Gasteiger partial charge in [0.2, 0.25) is 0 Å². The number of aryl methyl sites for hydroxylation is 2. The Bertz CT molecular complexity index is 391. The third-order valence-corrected chi connectivity index (χ3v) is 4.26. The molecule has 1 aromatic carbocycles. The van der Waals surface area contributed by atoms with Crippen molar-refractivity contribution in [2.45, 2.75) is 53.0 Å². The molecule has 1 atom stereocenters. The Kier molecular flexibility index (Phi) is 3.58. The second-order valence-electron chi connectivity index (χ2n) is 5.90. The maximum Gasteiger partial charge on any atom is 0.0161 e. The summed E-state index contributed by atoms with van der Waals surface area (Å²) in [5.41, 5.74) is 4.88. The first-order valence-corrected chi connectivity index (χ1v) is 6.84. The van der Waals surface area contributed by atoms with Crippen LogP contribution in [0.15, 0.2) is 18.2 Å². The summed E-state index contributed by atoms with van der Waals surface area (Å²) < 4.78 is 0. The van der Waals surface area contributed by atoms with Crippen LogP contribution in [0.3, 0.4) is 0 Å². The molecule has 1 aliphatic carbocycles. The summed E-state index contributed by atoms with van der Waals surface area (Å²) in [5, 5.41) is 3.68. The summed E-state index contributed by atoms with van der Waals surface area (Å²) in [4.78, 5) is 0. The maximum atomic E-state index is 3.68. The van der Waals surface area contributed by atoms with Crippen molar-refractivity contribution in [3.05, 3.63) is 34.9 Å². The van der Waals surface area contributed by atoms with Crippen molar-refractivity contribution in [3.8, 4) is 0 Å². The minimum absolute atomic E-state index is 0.548. The normalized spacial score (nSPS) is 19.1. The lowest BCUT2D eigenvalue weighted by molar-refractivity contribution is 0.360. The molecule has 0 heterocycles. The van der Waals surface area contributed by atoms with E-state index in [-0.39, 0.29) is 0 Å². The van der Waals surface area contributed by atoms with E-state index in [0.717, 1.165) is 6.54 Å². The molecule has 0 bridgehead atoms. The van der Waals surface area contributed by atoms with E-state index in [2.05, 4.69) is 51.2 Å². The topological polar surface area (TPSA) is 12.0 Å². The van der Waals surface area contributed by atoms with Crippen LogP contribution < -0.4 is 5.32 Å². The first kappa shape index (κ1) is 12.6. The van der Waals surface area contributed by atoms with E-state index in [9.17, 15) is 0 Å². The average molecular weight is 231 g/mol. The predicted octanol–water partition coefficient (Wildman–Crippen LogP) is 3.62. The van der Waals surface area contributed by atoms with Crippen molar-refractivity contribution in [1.82, 2.24) is 5.32 Å². The van der Waals surface area contributed by atoms with Gasteiger partial charge < -0.3 is 5.32 Å². The fourth-order valence-electron chi connectivity index (χ4n) is 2.60. The van der Waals surface area contributed by atoms with Crippen molar-refractivity contribution < 1.29 is 0 Å². The van der Waals surface area contributed by atoms with Crippen molar-refractivity contribution in [2.75, 3.05) is 6.54 Å². The molecule has 0 amide bonds. The van der Waals surface area contributed by atoms with Gasteiger partial charge in [0.25, 0.3) is 0 Å². The van der Waals surface area contributed by atoms with Crippen LogP contribution in [-0.4, -0.2) is 12.6 Å². The van der Waals surface area contributed by atoms with Crippen LogP contribution in [0.2, 0.25) is 0 Å². The van der Waals surface area contributed by atoms with Gasteiger partial charge in [-0.2, -0.15) is 0 Å². The summed E-state index contributed by atoms with van der Waals surface area (Å²) in [6.45, 7) is 10.1. The third-order valence-electron chi connectivity index (χ3n) is 4.26. The molecule has 94 valence electrons. The van der Waals surface area contributed by atoms with Crippen LogP contribution in [0.25, 0.3) is 0 Å². The smallest absolute Gasteiger partial charge is 0.0161 e. The molecule has 17 heavy (non-hydrogen) atoms. The zero-order valence-corrected chi connectivity index (χ0v) is 11.6. The Hall–Kier alpha value is -0.820. The lowest BCUT2D eigenvalue weighted by Crippen LogP contribution is -2.38. The zero-order valence-electron chi connectivity index (χ0n) is 11.6. The van der Waals surface area contributed by atoms with Crippen molar-refractivity contribution >= 4 is 0 Å². The van der Waals surface area contributed by atoms with Gasteiger partial charge >= 0.3 is 0 Å². The molecular weight excluding hydrogens is 206 g/mol. The minimum atomic E-state index is 0.548. The molecule has 1 fully saturated rings. The van der Waals surface area contributed by atoms with Crippen LogP contribution in [-0.2, 0) is 6.42 Å². The Labute approximate surface area is 106 Å². The lowest BCUT2D eigenvalue weighted by atomic mass is 9.90. The highest BCUT2D eigenvalue weighted by atomic mass is 14.9. The number of benzene rings is 1. The highest BCUT2D eigenvalue weighted by Crippen LogP contribution is 2.49. The molecule has 1 aliphatic rings. The van der Waals surface area contributed by atoms with Crippen LogP contribution in [0.5, 0.6) is 0 Å². The molecule has 0 spiro atoms. The maximum absolute atomic E-state index is 3.68.